The predicted octanol–water partition coefficient (Wildman–Crippen LogP) is 0.283. The Morgan fingerprint density at radius 1 is 1.32 bits per heavy atom. The quantitative estimate of drug-likeness (QED) is 0.758. The van der Waals surface area contributed by atoms with Gasteiger partial charge in [0.25, 0.3) is 0 Å². The fourth-order valence-electron chi connectivity index (χ4n) is 2.70. The van der Waals surface area contributed by atoms with Crippen LogP contribution in [0.2, 0.25) is 0 Å². The summed E-state index contributed by atoms with van der Waals surface area (Å²) in [5.41, 5.74) is 0. The number of nitrogens with one attached hydrogen (secondary N) is 1. The summed E-state index contributed by atoms with van der Waals surface area (Å²) in [6.07, 6.45) is 2.13. The fraction of sp³-hybridized carbons (Fsp3) is 0.833. The van der Waals surface area contributed by atoms with E-state index in [1.165, 1.54) is 0 Å². The number of carboxylic acids is 1. The lowest BCUT2D eigenvalue weighted by atomic mass is 9.95. The zero-order valence-electron chi connectivity index (χ0n) is 11.4. The number of aliphatic carboxylic acids is 1. The number of hydrogen-bond acceptors (Lipinski definition) is 4. The molecule has 110 valence electrons. The van der Waals surface area contributed by atoms with Crippen LogP contribution in [0.1, 0.15) is 26.7 Å². The van der Waals surface area contributed by atoms with E-state index in [0.29, 0.717) is 12.8 Å². The second-order valence-corrected chi connectivity index (χ2v) is 7.81. The third-order valence-electron chi connectivity index (χ3n) is 3.39. The summed E-state index contributed by atoms with van der Waals surface area (Å²) in [7, 11) is -3.16. The smallest absolute Gasteiger partial charge is 0.307 e. The normalized spacial score (nSPS) is 28.9. The van der Waals surface area contributed by atoms with E-state index >= 15 is 0 Å². The monoisotopic (exact) mass is 291 g/mol. The highest BCUT2D eigenvalue weighted by atomic mass is 32.2. The number of carbonyl (C=O) groups is 2. The highest BCUT2D eigenvalue weighted by Gasteiger charge is 2.41. The zero-order valence-corrected chi connectivity index (χ0v) is 12.2. The van der Waals surface area contributed by atoms with Gasteiger partial charge in [0.15, 0.2) is 0 Å². The van der Waals surface area contributed by atoms with E-state index in [2.05, 4.69) is 5.32 Å². The number of carboxylic acid groups (broad SMARTS) is 1. The zero-order chi connectivity index (χ0) is 14.8. The van der Waals surface area contributed by atoms with Gasteiger partial charge in [0.1, 0.15) is 9.84 Å². The van der Waals surface area contributed by atoms with Crippen LogP contribution in [0.25, 0.3) is 0 Å². The van der Waals surface area contributed by atoms with Crippen LogP contribution in [0.15, 0.2) is 0 Å². The predicted molar refractivity (Wildman–Crippen MR) is 70.3 cm³/mol. The lowest BCUT2D eigenvalue weighted by Crippen LogP contribution is -2.42. The van der Waals surface area contributed by atoms with Crippen LogP contribution in [0.3, 0.4) is 0 Å². The van der Waals surface area contributed by atoms with Crippen LogP contribution >= 0.6 is 0 Å². The molecule has 6 nitrogen and oxygen atoms in total. The van der Waals surface area contributed by atoms with Crippen molar-refractivity contribution < 1.29 is 23.1 Å². The minimum atomic E-state index is -3.16. The van der Waals surface area contributed by atoms with Gasteiger partial charge in [0.2, 0.25) is 5.91 Å². The first-order valence-corrected chi connectivity index (χ1v) is 8.37. The Bertz CT molecular complexity index is 459. The number of rotatable bonds is 5. The van der Waals surface area contributed by atoms with Gasteiger partial charge in [-0.25, -0.2) is 8.42 Å². The maximum absolute atomic E-state index is 12.0. The van der Waals surface area contributed by atoms with E-state index in [1.807, 2.05) is 6.92 Å². The van der Waals surface area contributed by atoms with Crippen LogP contribution < -0.4 is 5.32 Å². The SMILES string of the molecule is CC1C[C@H](C(=O)NC(C)CS(C)(=O)=O)[C@H](C(=O)O)C1. The van der Waals surface area contributed by atoms with Crippen LogP contribution in [0, 0.1) is 17.8 Å². The summed E-state index contributed by atoms with van der Waals surface area (Å²) >= 11 is 0. The second kappa shape index (κ2) is 5.90. The standard InChI is InChI=1S/C12H21NO5S/c1-7-4-9(10(5-7)12(15)16)11(14)13-8(2)6-19(3,17)18/h7-10H,4-6H2,1-3H3,(H,13,14)(H,15,16)/t7?,8?,9-,10+/m0/s1. The third-order valence-corrected chi connectivity index (χ3v) is 4.50. The molecule has 0 aromatic carbocycles. The third kappa shape index (κ3) is 4.81. The molecule has 1 amide bonds. The fourth-order valence-corrected chi connectivity index (χ4v) is 3.69. The average molecular weight is 291 g/mol. The molecule has 0 aliphatic heterocycles. The van der Waals surface area contributed by atoms with Gasteiger partial charge in [-0.3, -0.25) is 9.59 Å². The molecule has 0 spiro atoms. The minimum absolute atomic E-state index is 0.140. The Balaban J connectivity index is 2.64. The number of amides is 1. The van der Waals surface area contributed by atoms with Crippen LogP contribution in [0.4, 0.5) is 0 Å². The molecule has 1 aliphatic carbocycles. The molecular formula is C12H21NO5S. The van der Waals surface area contributed by atoms with Crippen molar-refractivity contribution in [3.05, 3.63) is 0 Å². The molecule has 4 atom stereocenters. The van der Waals surface area contributed by atoms with Crippen LogP contribution in [0.5, 0.6) is 0 Å². The van der Waals surface area contributed by atoms with E-state index in [1.54, 1.807) is 6.92 Å². The molecule has 0 aromatic rings. The van der Waals surface area contributed by atoms with Gasteiger partial charge < -0.3 is 10.4 Å². The molecule has 2 N–H and O–H groups in total. The van der Waals surface area contributed by atoms with E-state index in [9.17, 15) is 18.0 Å². The Kier molecular flexibility index (Phi) is 4.95. The summed E-state index contributed by atoms with van der Waals surface area (Å²) in [5, 5.41) is 11.7. The van der Waals surface area contributed by atoms with E-state index in [0.717, 1.165) is 6.26 Å². The summed E-state index contributed by atoms with van der Waals surface area (Å²) < 4.78 is 22.2. The molecule has 0 heterocycles. The molecule has 1 fully saturated rings. The maximum atomic E-state index is 12.0. The lowest BCUT2D eigenvalue weighted by molar-refractivity contribution is -0.146. The van der Waals surface area contributed by atoms with Gasteiger partial charge >= 0.3 is 5.97 Å². The molecule has 0 aromatic heterocycles. The molecule has 0 bridgehead atoms. The molecule has 1 aliphatic rings. The number of carbonyl (C=O) groups excluding carboxylic acids is 1. The van der Waals surface area contributed by atoms with Crippen LogP contribution in [-0.4, -0.2) is 43.5 Å². The van der Waals surface area contributed by atoms with E-state index in [-0.39, 0.29) is 17.6 Å². The van der Waals surface area contributed by atoms with Gasteiger partial charge in [-0.1, -0.05) is 6.92 Å². The molecule has 2 unspecified atom stereocenters. The highest BCUT2D eigenvalue weighted by molar-refractivity contribution is 7.90. The maximum Gasteiger partial charge on any atom is 0.307 e. The van der Waals surface area contributed by atoms with Gasteiger partial charge in [-0.15, -0.1) is 0 Å². The van der Waals surface area contributed by atoms with Crippen molar-refractivity contribution in [2.75, 3.05) is 12.0 Å². The molecule has 0 saturated heterocycles. The Labute approximate surface area is 113 Å². The molecule has 19 heavy (non-hydrogen) atoms. The Hall–Kier alpha value is -1.11. The largest absolute Gasteiger partial charge is 0.481 e. The first-order valence-electron chi connectivity index (χ1n) is 6.31. The Morgan fingerprint density at radius 3 is 2.32 bits per heavy atom. The first kappa shape index (κ1) is 15.9. The van der Waals surface area contributed by atoms with Crippen molar-refractivity contribution in [3.8, 4) is 0 Å². The average Bonchev–Trinajstić information content (AvgIpc) is 2.57. The number of hydrogen-bond donors (Lipinski definition) is 2. The number of sulfone groups is 1. The first-order chi connectivity index (χ1) is 8.60. The lowest BCUT2D eigenvalue weighted by Gasteiger charge is -2.19. The van der Waals surface area contributed by atoms with Crippen molar-refractivity contribution in [2.24, 2.45) is 17.8 Å². The second-order valence-electron chi connectivity index (χ2n) is 5.63. The minimum Gasteiger partial charge on any atom is -0.481 e. The molecular weight excluding hydrogens is 270 g/mol. The van der Waals surface area contributed by atoms with Crippen molar-refractivity contribution in [3.63, 3.8) is 0 Å². The van der Waals surface area contributed by atoms with Crippen molar-refractivity contribution in [2.45, 2.75) is 32.7 Å². The van der Waals surface area contributed by atoms with E-state index < -0.39 is 33.7 Å². The molecule has 7 heteroatoms. The van der Waals surface area contributed by atoms with E-state index in [4.69, 9.17) is 5.11 Å². The van der Waals surface area contributed by atoms with Gasteiger partial charge in [-0.05, 0) is 25.7 Å². The summed E-state index contributed by atoms with van der Waals surface area (Å²) in [6, 6.07) is -0.507. The summed E-state index contributed by atoms with van der Waals surface area (Å²) in [5.74, 6) is -2.48. The van der Waals surface area contributed by atoms with Crippen LogP contribution in [-0.2, 0) is 19.4 Å². The Morgan fingerprint density at radius 2 is 1.84 bits per heavy atom. The van der Waals surface area contributed by atoms with Crippen molar-refractivity contribution in [1.29, 1.82) is 0 Å². The summed E-state index contributed by atoms with van der Waals surface area (Å²) in [4.78, 5) is 23.1. The van der Waals surface area contributed by atoms with Crippen molar-refractivity contribution >= 4 is 21.7 Å². The van der Waals surface area contributed by atoms with Crippen molar-refractivity contribution in [1.82, 2.24) is 5.32 Å². The molecule has 1 saturated carbocycles. The van der Waals surface area contributed by atoms with Gasteiger partial charge in [0, 0.05) is 12.3 Å². The van der Waals surface area contributed by atoms with Gasteiger partial charge in [0.05, 0.1) is 17.6 Å². The molecule has 0 radical (unpaired) electrons. The molecule has 1 rings (SSSR count). The topological polar surface area (TPSA) is 101 Å². The summed E-state index contributed by atoms with van der Waals surface area (Å²) in [6.45, 7) is 3.52. The highest BCUT2D eigenvalue weighted by Crippen LogP contribution is 2.36. The van der Waals surface area contributed by atoms with Gasteiger partial charge in [-0.2, -0.15) is 0 Å².